The maximum atomic E-state index is 11.1. The standard InChI is InChI=1S/C15H31NO3/c1-2-3-4-5-6-7-8-9-10-11-12-19-15(18)14(16)13-17/h14,17H,2-13,16H2,1H3/t14-/m0/s1. The summed E-state index contributed by atoms with van der Waals surface area (Å²) >= 11 is 0. The minimum Gasteiger partial charge on any atom is -0.464 e. The van der Waals surface area contributed by atoms with Crippen molar-refractivity contribution in [2.75, 3.05) is 13.2 Å². The highest BCUT2D eigenvalue weighted by Crippen LogP contribution is 2.10. The summed E-state index contributed by atoms with van der Waals surface area (Å²) in [5.74, 6) is -0.501. The number of carbonyl (C=O) groups excluding carboxylic acids is 1. The van der Waals surface area contributed by atoms with E-state index in [9.17, 15) is 4.79 Å². The van der Waals surface area contributed by atoms with Gasteiger partial charge in [-0.15, -0.1) is 0 Å². The molecule has 0 rings (SSSR count). The largest absolute Gasteiger partial charge is 0.464 e. The van der Waals surface area contributed by atoms with Gasteiger partial charge in [0.05, 0.1) is 13.2 Å². The smallest absolute Gasteiger partial charge is 0.325 e. The number of ether oxygens (including phenoxy) is 1. The Bertz CT molecular complexity index is 210. The Morgan fingerprint density at radius 1 is 1.00 bits per heavy atom. The lowest BCUT2D eigenvalue weighted by Gasteiger charge is -2.08. The summed E-state index contributed by atoms with van der Waals surface area (Å²) in [5, 5.41) is 8.66. The molecule has 4 nitrogen and oxygen atoms in total. The van der Waals surface area contributed by atoms with E-state index in [4.69, 9.17) is 15.6 Å². The van der Waals surface area contributed by atoms with Crippen LogP contribution in [0.2, 0.25) is 0 Å². The van der Waals surface area contributed by atoms with E-state index in [1.165, 1.54) is 51.4 Å². The molecule has 0 amide bonds. The van der Waals surface area contributed by atoms with Crippen molar-refractivity contribution in [1.82, 2.24) is 0 Å². The second-order valence-corrected chi connectivity index (χ2v) is 5.14. The highest BCUT2D eigenvalue weighted by Gasteiger charge is 2.12. The molecule has 0 saturated heterocycles. The minimum absolute atomic E-state index is 0.350. The molecule has 0 radical (unpaired) electrons. The molecule has 0 fully saturated rings. The van der Waals surface area contributed by atoms with Crippen molar-refractivity contribution in [3.05, 3.63) is 0 Å². The predicted octanol–water partition coefficient (Wildman–Crippen LogP) is 2.77. The number of rotatable bonds is 13. The molecule has 0 aromatic carbocycles. The molecule has 0 aliphatic heterocycles. The van der Waals surface area contributed by atoms with Crippen LogP contribution in [0.4, 0.5) is 0 Å². The Balaban J connectivity index is 3.13. The van der Waals surface area contributed by atoms with E-state index in [1.807, 2.05) is 0 Å². The molecule has 0 spiro atoms. The van der Waals surface area contributed by atoms with Crippen molar-refractivity contribution in [1.29, 1.82) is 0 Å². The number of hydrogen-bond donors (Lipinski definition) is 2. The average Bonchev–Trinajstić information content (AvgIpc) is 2.43. The zero-order valence-corrected chi connectivity index (χ0v) is 12.4. The number of aliphatic hydroxyl groups is 1. The molecule has 1 atom stereocenters. The van der Waals surface area contributed by atoms with Crippen LogP contribution in [0, 0.1) is 0 Å². The first kappa shape index (κ1) is 18.4. The third-order valence-corrected chi connectivity index (χ3v) is 3.24. The van der Waals surface area contributed by atoms with E-state index < -0.39 is 12.0 Å². The van der Waals surface area contributed by atoms with Gasteiger partial charge in [0.1, 0.15) is 6.04 Å². The van der Waals surface area contributed by atoms with E-state index in [0.29, 0.717) is 6.61 Å². The Morgan fingerprint density at radius 2 is 1.47 bits per heavy atom. The van der Waals surface area contributed by atoms with Crippen LogP contribution < -0.4 is 5.73 Å². The molecular formula is C15H31NO3. The lowest BCUT2D eigenvalue weighted by molar-refractivity contribution is -0.146. The number of nitrogens with two attached hydrogens (primary N) is 1. The Morgan fingerprint density at radius 3 is 1.95 bits per heavy atom. The van der Waals surface area contributed by atoms with Gasteiger partial charge in [0.25, 0.3) is 0 Å². The fourth-order valence-electron chi connectivity index (χ4n) is 1.94. The van der Waals surface area contributed by atoms with E-state index in [0.717, 1.165) is 12.8 Å². The van der Waals surface area contributed by atoms with E-state index in [1.54, 1.807) is 0 Å². The summed E-state index contributed by atoms with van der Waals surface area (Å²) in [6.45, 7) is 2.31. The van der Waals surface area contributed by atoms with Crippen molar-refractivity contribution < 1.29 is 14.6 Å². The summed E-state index contributed by atoms with van der Waals surface area (Å²) in [4.78, 5) is 11.1. The second kappa shape index (κ2) is 13.8. The molecule has 0 heterocycles. The molecule has 0 bridgehead atoms. The SMILES string of the molecule is CCCCCCCCCCCCOC(=O)[C@@H](N)CO. The number of aliphatic hydroxyl groups excluding tert-OH is 1. The van der Waals surface area contributed by atoms with Crippen LogP contribution in [-0.2, 0) is 9.53 Å². The van der Waals surface area contributed by atoms with Gasteiger partial charge in [0, 0.05) is 0 Å². The highest BCUT2D eigenvalue weighted by molar-refractivity contribution is 5.75. The van der Waals surface area contributed by atoms with Crippen molar-refractivity contribution in [2.24, 2.45) is 5.73 Å². The van der Waals surface area contributed by atoms with Crippen molar-refractivity contribution in [3.8, 4) is 0 Å². The minimum atomic E-state index is -0.886. The van der Waals surface area contributed by atoms with Gasteiger partial charge < -0.3 is 15.6 Å². The summed E-state index contributed by atoms with van der Waals surface area (Å²) in [6.07, 6.45) is 12.5. The molecule has 0 aliphatic carbocycles. The van der Waals surface area contributed by atoms with Gasteiger partial charge in [-0.1, -0.05) is 64.7 Å². The first-order valence-corrected chi connectivity index (χ1v) is 7.75. The monoisotopic (exact) mass is 273 g/mol. The Kier molecular flexibility index (Phi) is 13.4. The normalized spacial score (nSPS) is 12.4. The third-order valence-electron chi connectivity index (χ3n) is 3.24. The van der Waals surface area contributed by atoms with E-state index >= 15 is 0 Å². The number of carbonyl (C=O) groups is 1. The van der Waals surface area contributed by atoms with Crippen LogP contribution >= 0.6 is 0 Å². The topological polar surface area (TPSA) is 72.5 Å². The van der Waals surface area contributed by atoms with Gasteiger partial charge >= 0.3 is 5.97 Å². The molecule has 4 heteroatoms. The van der Waals surface area contributed by atoms with Gasteiger partial charge in [0.15, 0.2) is 0 Å². The zero-order valence-electron chi connectivity index (χ0n) is 12.4. The summed E-state index contributed by atoms with van der Waals surface area (Å²) in [5.41, 5.74) is 5.32. The third kappa shape index (κ3) is 12.2. The molecule has 0 saturated carbocycles. The summed E-state index contributed by atoms with van der Waals surface area (Å²) in [6, 6.07) is -0.886. The molecule has 3 N–H and O–H groups in total. The molecule has 114 valence electrons. The van der Waals surface area contributed by atoms with Crippen LogP contribution in [0.25, 0.3) is 0 Å². The van der Waals surface area contributed by atoms with Crippen LogP contribution in [0.1, 0.15) is 71.1 Å². The fraction of sp³-hybridized carbons (Fsp3) is 0.933. The second-order valence-electron chi connectivity index (χ2n) is 5.14. The van der Waals surface area contributed by atoms with E-state index in [-0.39, 0.29) is 6.61 Å². The van der Waals surface area contributed by atoms with Crippen molar-refractivity contribution in [3.63, 3.8) is 0 Å². The van der Waals surface area contributed by atoms with Crippen LogP contribution in [0.5, 0.6) is 0 Å². The van der Waals surface area contributed by atoms with Crippen LogP contribution in [0.15, 0.2) is 0 Å². The van der Waals surface area contributed by atoms with Crippen molar-refractivity contribution >= 4 is 5.97 Å². The first-order valence-electron chi connectivity index (χ1n) is 7.75. The lowest BCUT2D eigenvalue weighted by atomic mass is 10.1. The predicted molar refractivity (Wildman–Crippen MR) is 77.9 cm³/mol. The number of unbranched alkanes of at least 4 members (excludes halogenated alkanes) is 9. The molecule has 0 aliphatic rings. The molecule has 19 heavy (non-hydrogen) atoms. The van der Waals surface area contributed by atoms with Gasteiger partial charge in [-0.3, -0.25) is 4.79 Å². The Labute approximate surface area is 117 Å². The van der Waals surface area contributed by atoms with Crippen LogP contribution in [0.3, 0.4) is 0 Å². The van der Waals surface area contributed by atoms with Crippen LogP contribution in [-0.4, -0.2) is 30.3 Å². The van der Waals surface area contributed by atoms with Gasteiger partial charge in [-0.25, -0.2) is 0 Å². The van der Waals surface area contributed by atoms with Gasteiger partial charge in [-0.05, 0) is 6.42 Å². The lowest BCUT2D eigenvalue weighted by Crippen LogP contribution is -2.35. The highest BCUT2D eigenvalue weighted by atomic mass is 16.5. The van der Waals surface area contributed by atoms with E-state index in [2.05, 4.69) is 6.92 Å². The van der Waals surface area contributed by atoms with Crippen molar-refractivity contribution in [2.45, 2.75) is 77.2 Å². The quantitative estimate of drug-likeness (QED) is 0.400. The first-order chi connectivity index (χ1) is 9.22. The molecule has 0 aromatic heterocycles. The molecule has 0 aromatic rings. The maximum Gasteiger partial charge on any atom is 0.325 e. The maximum absolute atomic E-state index is 11.1. The molecule has 0 unspecified atom stereocenters. The fourth-order valence-corrected chi connectivity index (χ4v) is 1.94. The Hall–Kier alpha value is -0.610. The molecular weight excluding hydrogens is 242 g/mol. The average molecular weight is 273 g/mol. The number of esters is 1. The summed E-state index contributed by atoms with van der Waals surface area (Å²) in [7, 11) is 0. The zero-order chi connectivity index (χ0) is 14.3. The summed E-state index contributed by atoms with van der Waals surface area (Å²) < 4.78 is 4.94. The number of hydrogen-bond acceptors (Lipinski definition) is 4. The van der Waals surface area contributed by atoms with Gasteiger partial charge in [0.2, 0.25) is 0 Å². The van der Waals surface area contributed by atoms with Gasteiger partial charge in [-0.2, -0.15) is 0 Å².